The minimum Gasteiger partial charge on any atom is -0.483 e. The number of benzene rings is 1. The van der Waals surface area contributed by atoms with E-state index in [4.69, 9.17) is 17.0 Å². The van der Waals surface area contributed by atoms with Crippen molar-refractivity contribution in [3.8, 4) is 5.75 Å². The Labute approximate surface area is 130 Å². The number of thiocarbonyl (C=S) groups is 1. The second-order valence-corrected chi connectivity index (χ2v) is 5.43. The zero-order valence-electron chi connectivity index (χ0n) is 11.0. The maximum atomic E-state index is 12.9. The van der Waals surface area contributed by atoms with Crippen LogP contribution in [0.3, 0.4) is 0 Å². The molecule has 110 valence electrons. The Bertz CT molecular complexity index is 500. The van der Waals surface area contributed by atoms with Gasteiger partial charge in [0.1, 0.15) is 11.6 Å². The molecule has 0 aliphatic rings. The van der Waals surface area contributed by atoms with E-state index in [2.05, 4.69) is 32.1 Å². The van der Waals surface area contributed by atoms with Gasteiger partial charge >= 0.3 is 0 Å². The largest absolute Gasteiger partial charge is 0.483 e. The molecular weight excluding hydrogens is 349 g/mol. The van der Waals surface area contributed by atoms with Crippen LogP contribution in [0.25, 0.3) is 0 Å². The van der Waals surface area contributed by atoms with Crippen LogP contribution in [0.15, 0.2) is 22.7 Å². The third-order valence-electron chi connectivity index (χ3n) is 1.99. The van der Waals surface area contributed by atoms with Gasteiger partial charge in [-0.3, -0.25) is 15.6 Å². The molecule has 0 fully saturated rings. The molecule has 0 spiro atoms. The Morgan fingerprint density at radius 1 is 1.45 bits per heavy atom. The first-order valence-corrected chi connectivity index (χ1v) is 7.02. The van der Waals surface area contributed by atoms with Crippen molar-refractivity contribution >= 4 is 39.2 Å². The number of nitrogens with one attached hydrogen (secondary N) is 3. The molecule has 1 amide bonds. The maximum Gasteiger partial charge on any atom is 0.276 e. The summed E-state index contributed by atoms with van der Waals surface area (Å²) < 4.78 is 18.5. The molecule has 20 heavy (non-hydrogen) atoms. The lowest BCUT2D eigenvalue weighted by Crippen LogP contribution is -2.49. The van der Waals surface area contributed by atoms with Crippen LogP contribution in [0.5, 0.6) is 5.75 Å². The number of hydrazine groups is 1. The van der Waals surface area contributed by atoms with Crippen LogP contribution in [0.4, 0.5) is 4.39 Å². The number of hydrogen-bond acceptors (Lipinski definition) is 3. The minimum absolute atomic E-state index is 0.165. The van der Waals surface area contributed by atoms with Gasteiger partial charge in [-0.1, -0.05) is 0 Å². The molecule has 0 aliphatic carbocycles. The molecule has 0 aliphatic heterocycles. The monoisotopic (exact) mass is 363 g/mol. The van der Waals surface area contributed by atoms with Gasteiger partial charge < -0.3 is 10.1 Å². The van der Waals surface area contributed by atoms with Crippen LogP contribution in [0.1, 0.15) is 13.8 Å². The highest BCUT2D eigenvalue weighted by molar-refractivity contribution is 9.10. The van der Waals surface area contributed by atoms with Gasteiger partial charge in [-0.2, -0.15) is 0 Å². The van der Waals surface area contributed by atoms with E-state index in [-0.39, 0.29) is 18.5 Å². The summed E-state index contributed by atoms with van der Waals surface area (Å²) in [6.07, 6.45) is 0. The van der Waals surface area contributed by atoms with Crippen LogP contribution in [0.2, 0.25) is 0 Å². The van der Waals surface area contributed by atoms with Gasteiger partial charge in [-0.05, 0) is 60.2 Å². The average Bonchev–Trinajstić information content (AvgIpc) is 2.34. The average molecular weight is 364 g/mol. The standard InChI is InChI=1S/C12H15BrFN3O2S/c1-7(2)15-12(20)17-16-11(18)6-19-10-4-3-8(14)5-9(10)13/h3-5,7H,6H2,1-2H3,(H,16,18)(H2,15,17,20). The van der Waals surface area contributed by atoms with Gasteiger partial charge in [-0.25, -0.2) is 4.39 Å². The Morgan fingerprint density at radius 2 is 2.15 bits per heavy atom. The predicted molar refractivity (Wildman–Crippen MR) is 81.7 cm³/mol. The van der Waals surface area contributed by atoms with Gasteiger partial charge in [0.2, 0.25) is 0 Å². The van der Waals surface area contributed by atoms with E-state index in [0.717, 1.165) is 0 Å². The molecule has 0 heterocycles. The summed E-state index contributed by atoms with van der Waals surface area (Å²) in [5, 5.41) is 3.22. The summed E-state index contributed by atoms with van der Waals surface area (Å²) in [5.41, 5.74) is 4.92. The predicted octanol–water partition coefficient (Wildman–Crippen LogP) is 1.87. The van der Waals surface area contributed by atoms with Gasteiger partial charge in [0.25, 0.3) is 5.91 Å². The number of amides is 1. The molecular formula is C12H15BrFN3O2S. The highest BCUT2D eigenvalue weighted by Crippen LogP contribution is 2.25. The van der Waals surface area contributed by atoms with Crippen LogP contribution in [-0.2, 0) is 4.79 Å². The first-order valence-electron chi connectivity index (χ1n) is 5.81. The number of carbonyl (C=O) groups excluding carboxylic acids is 1. The van der Waals surface area contributed by atoms with E-state index >= 15 is 0 Å². The van der Waals surface area contributed by atoms with Crippen LogP contribution < -0.4 is 20.9 Å². The molecule has 1 rings (SSSR count). The van der Waals surface area contributed by atoms with Crippen molar-refractivity contribution in [3.05, 3.63) is 28.5 Å². The molecule has 1 aromatic rings. The number of ether oxygens (including phenoxy) is 1. The molecule has 0 saturated heterocycles. The number of rotatable bonds is 4. The molecule has 0 aromatic heterocycles. The van der Waals surface area contributed by atoms with Gasteiger partial charge in [0, 0.05) is 6.04 Å². The smallest absolute Gasteiger partial charge is 0.276 e. The summed E-state index contributed by atoms with van der Waals surface area (Å²) in [4.78, 5) is 11.5. The van der Waals surface area contributed by atoms with Crippen molar-refractivity contribution in [1.82, 2.24) is 16.2 Å². The Hall–Kier alpha value is -1.41. The molecule has 0 bridgehead atoms. The summed E-state index contributed by atoms with van der Waals surface area (Å²) >= 11 is 8.08. The van der Waals surface area contributed by atoms with E-state index in [0.29, 0.717) is 15.3 Å². The summed E-state index contributed by atoms with van der Waals surface area (Å²) in [7, 11) is 0. The fraction of sp³-hybridized carbons (Fsp3) is 0.333. The lowest BCUT2D eigenvalue weighted by atomic mass is 10.3. The molecule has 5 nitrogen and oxygen atoms in total. The van der Waals surface area contributed by atoms with E-state index in [9.17, 15) is 9.18 Å². The highest BCUT2D eigenvalue weighted by Gasteiger charge is 2.07. The molecule has 0 radical (unpaired) electrons. The normalized spacial score (nSPS) is 10.1. The number of hydrogen-bond donors (Lipinski definition) is 3. The number of carbonyl (C=O) groups is 1. The van der Waals surface area contributed by atoms with Crippen LogP contribution >= 0.6 is 28.1 Å². The van der Waals surface area contributed by atoms with E-state index in [1.807, 2.05) is 13.8 Å². The Kier molecular flexibility index (Phi) is 6.66. The lowest BCUT2D eigenvalue weighted by Gasteiger charge is -2.14. The van der Waals surface area contributed by atoms with Crippen molar-refractivity contribution in [2.75, 3.05) is 6.61 Å². The molecule has 1 aromatic carbocycles. The molecule has 3 N–H and O–H groups in total. The first kappa shape index (κ1) is 16.6. The molecule has 8 heteroatoms. The van der Waals surface area contributed by atoms with Gasteiger partial charge in [0.15, 0.2) is 11.7 Å². The second kappa shape index (κ2) is 8.01. The first-order chi connectivity index (χ1) is 9.38. The minimum atomic E-state index is -0.408. The second-order valence-electron chi connectivity index (χ2n) is 4.16. The van der Waals surface area contributed by atoms with Crippen molar-refractivity contribution in [3.63, 3.8) is 0 Å². The summed E-state index contributed by atoms with van der Waals surface area (Å²) in [5.74, 6) is -0.418. The topological polar surface area (TPSA) is 62.4 Å². The fourth-order valence-corrected chi connectivity index (χ4v) is 1.95. The Morgan fingerprint density at radius 3 is 2.75 bits per heavy atom. The SMILES string of the molecule is CC(C)NC(=S)NNC(=O)COc1ccc(F)cc1Br. The molecule has 0 unspecified atom stereocenters. The fourth-order valence-electron chi connectivity index (χ4n) is 1.20. The van der Waals surface area contributed by atoms with E-state index < -0.39 is 5.91 Å². The third kappa shape index (κ3) is 6.16. The number of halogens is 2. The van der Waals surface area contributed by atoms with Crippen molar-refractivity contribution < 1.29 is 13.9 Å². The van der Waals surface area contributed by atoms with Gasteiger partial charge in [0.05, 0.1) is 4.47 Å². The quantitative estimate of drug-likeness (QED) is 0.563. The molecule has 0 atom stereocenters. The van der Waals surface area contributed by atoms with Crippen molar-refractivity contribution in [2.45, 2.75) is 19.9 Å². The molecule has 0 saturated carbocycles. The highest BCUT2D eigenvalue weighted by atomic mass is 79.9. The van der Waals surface area contributed by atoms with E-state index in [1.54, 1.807) is 0 Å². The van der Waals surface area contributed by atoms with E-state index in [1.165, 1.54) is 18.2 Å². The summed E-state index contributed by atoms with van der Waals surface area (Å²) in [6, 6.07) is 4.11. The zero-order valence-corrected chi connectivity index (χ0v) is 13.4. The summed E-state index contributed by atoms with van der Waals surface area (Å²) in [6.45, 7) is 3.62. The third-order valence-corrected chi connectivity index (χ3v) is 2.83. The Balaban J connectivity index is 2.34. The van der Waals surface area contributed by atoms with Crippen LogP contribution in [-0.4, -0.2) is 23.7 Å². The maximum absolute atomic E-state index is 12.9. The lowest BCUT2D eigenvalue weighted by molar-refractivity contribution is -0.123. The van der Waals surface area contributed by atoms with Crippen molar-refractivity contribution in [2.24, 2.45) is 0 Å². The zero-order chi connectivity index (χ0) is 15.1. The van der Waals surface area contributed by atoms with Crippen molar-refractivity contribution in [1.29, 1.82) is 0 Å². The van der Waals surface area contributed by atoms with Crippen LogP contribution in [0, 0.1) is 5.82 Å². The van der Waals surface area contributed by atoms with Gasteiger partial charge in [-0.15, -0.1) is 0 Å².